The van der Waals surface area contributed by atoms with E-state index in [2.05, 4.69) is 10.2 Å². The summed E-state index contributed by atoms with van der Waals surface area (Å²) in [5.41, 5.74) is 1.60. The van der Waals surface area contributed by atoms with Crippen LogP contribution < -0.4 is 18.9 Å². The molecular formula is C25H25N3O5S2. The molecule has 10 heteroatoms. The number of aryl methyl sites for hydroxylation is 1. The van der Waals surface area contributed by atoms with Crippen LogP contribution in [0.3, 0.4) is 0 Å². The van der Waals surface area contributed by atoms with E-state index in [0.29, 0.717) is 32.9 Å². The molecule has 0 saturated carbocycles. The van der Waals surface area contributed by atoms with E-state index in [0.717, 1.165) is 34.3 Å². The van der Waals surface area contributed by atoms with E-state index in [4.69, 9.17) is 24.4 Å². The summed E-state index contributed by atoms with van der Waals surface area (Å²) in [6.45, 7) is 2.24. The molecule has 182 valence electrons. The number of hydrogen-bond acceptors (Lipinski definition) is 10. The van der Waals surface area contributed by atoms with Crippen LogP contribution in [-0.4, -0.2) is 42.4 Å². The Kier molecular flexibility index (Phi) is 7.72. The van der Waals surface area contributed by atoms with E-state index < -0.39 is 5.92 Å². The number of benzene rings is 2. The van der Waals surface area contributed by atoms with Gasteiger partial charge in [-0.05, 0) is 48.4 Å². The number of ketones is 1. The van der Waals surface area contributed by atoms with E-state index in [1.807, 2.05) is 31.2 Å². The van der Waals surface area contributed by atoms with Gasteiger partial charge >= 0.3 is 0 Å². The summed E-state index contributed by atoms with van der Waals surface area (Å²) in [5.74, 6) is 1.67. The van der Waals surface area contributed by atoms with Gasteiger partial charge in [-0.15, -0.1) is 21.5 Å². The van der Waals surface area contributed by atoms with Crippen LogP contribution in [-0.2, 0) is 17.8 Å². The monoisotopic (exact) mass is 511 g/mol. The molecule has 0 spiro atoms. The van der Waals surface area contributed by atoms with Crippen LogP contribution in [0.15, 0.2) is 41.3 Å². The maximum absolute atomic E-state index is 13.0. The van der Waals surface area contributed by atoms with Crippen molar-refractivity contribution in [3.63, 3.8) is 0 Å². The van der Waals surface area contributed by atoms with Gasteiger partial charge in [0.25, 0.3) is 0 Å². The van der Waals surface area contributed by atoms with Crippen molar-refractivity contribution in [2.24, 2.45) is 0 Å². The highest BCUT2D eigenvalue weighted by Crippen LogP contribution is 2.42. The molecule has 1 aromatic heterocycles. The van der Waals surface area contributed by atoms with Gasteiger partial charge in [-0.3, -0.25) is 10.2 Å². The van der Waals surface area contributed by atoms with Gasteiger partial charge in [-0.25, -0.2) is 0 Å². The predicted molar refractivity (Wildman–Crippen MR) is 137 cm³/mol. The first-order valence-corrected chi connectivity index (χ1v) is 12.5. The van der Waals surface area contributed by atoms with Crippen molar-refractivity contribution in [1.29, 1.82) is 5.41 Å². The fourth-order valence-electron chi connectivity index (χ4n) is 3.53. The van der Waals surface area contributed by atoms with Crippen LogP contribution in [0.1, 0.15) is 34.0 Å². The largest absolute Gasteiger partial charge is 0.497 e. The molecular weight excluding hydrogens is 486 g/mol. The van der Waals surface area contributed by atoms with Crippen molar-refractivity contribution in [2.75, 3.05) is 21.3 Å². The third kappa shape index (κ3) is 5.33. The number of carbonyl (C=O) groups is 1. The highest BCUT2D eigenvalue weighted by molar-refractivity contribution is 8.19. The molecule has 1 saturated heterocycles. The first-order valence-electron chi connectivity index (χ1n) is 10.8. The predicted octanol–water partition coefficient (Wildman–Crippen LogP) is 5.12. The summed E-state index contributed by atoms with van der Waals surface area (Å²) in [7, 11) is 4.78. The summed E-state index contributed by atoms with van der Waals surface area (Å²) in [4.78, 5) is 13.5. The minimum absolute atomic E-state index is 0.136. The number of nitrogens with zero attached hydrogens (tertiary/aromatic N) is 2. The summed E-state index contributed by atoms with van der Waals surface area (Å²) >= 11 is 2.54. The zero-order chi connectivity index (χ0) is 24.9. The van der Waals surface area contributed by atoms with Gasteiger partial charge in [0.15, 0.2) is 17.3 Å². The van der Waals surface area contributed by atoms with Crippen LogP contribution in [0.25, 0.3) is 6.08 Å². The van der Waals surface area contributed by atoms with Gasteiger partial charge in [-0.2, -0.15) is 0 Å². The second-order valence-corrected chi connectivity index (χ2v) is 9.71. The molecule has 2 heterocycles. The Morgan fingerprint density at radius 3 is 2.46 bits per heavy atom. The van der Waals surface area contributed by atoms with Crippen LogP contribution in [0.5, 0.6) is 23.0 Å². The minimum Gasteiger partial charge on any atom is -0.497 e. The summed E-state index contributed by atoms with van der Waals surface area (Å²) in [6, 6.07) is 11.0. The Morgan fingerprint density at radius 1 is 1.00 bits per heavy atom. The lowest BCUT2D eigenvalue weighted by Crippen LogP contribution is -2.11. The Bertz CT molecular complexity index is 1290. The first kappa shape index (κ1) is 24.7. The zero-order valence-electron chi connectivity index (χ0n) is 19.8. The van der Waals surface area contributed by atoms with Crippen LogP contribution >= 0.6 is 23.1 Å². The van der Waals surface area contributed by atoms with E-state index in [1.165, 1.54) is 11.3 Å². The first-order chi connectivity index (χ1) is 17.0. The second-order valence-electron chi connectivity index (χ2n) is 7.54. The lowest BCUT2D eigenvalue weighted by molar-refractivity contribution is -0.114. The fraction of sp³-hybridized carbons (Fsp3) is 0.280. The quantitative estimate of drug-likeness (QED) is 0.395. The molecule has 1 aliphatic heterocycles. The summed E-state index contributed by atoms with van der Waals surface area (Å²) in [5, 5.41) is 18.2. The number of allylic oxidation sites excluding steroid dienone is 1. The lowest BCUT2D eigenvalue weighted by Gasteiger charge is -2.14. The molecule has 0 bridgehead atoms. The average molecular weight is 512 g/mol. The van der Waals surface area contributed by atoms with Crippen molar-refractivity contribution in [1.82, 2.24) is 10.2 Å². The molecule has 1 fully saturated rings. The number of methoxy groups -OCH3 is 3. The van der Waals surface area contributed by atoms with Gasteiger partial charge in [0.2, 0.25) is 0 Å². The number of hydrogen-bond donors (Lipinski definition) is 1. The van der Waals surface area contributed by atoms with Crippen molar-refractivity contribution < 1.29 is 23.7 Å². The number of Topliss-reactive ketones (excluding diaryl/α,β-unsaturated/α-hetero) is 1. The number of carbonyl (C=O) groups excluding carboxylic acids is 1. The fourth-order valence-corrected chi connectivity index (χ4v) is 5.49. The Labute approximate surface area is 211 Å². The molecule has 35 heavy (non-hydrogen) atoms. The highest BCUT2D eigenvalue weighted by atomic mass is 32.2. The Morgan fingerprint density at radius 2 is 1.77 bits per heavy atom. The summed E-state index contributed by atoms with van der Waals surface area (Å²) in [6.07, 6.45) is 2.52. The SMILES string of the molecule is CCc1nnc([C@@H]2C(=N)S/C(=C\c3ccc(OCc4cc(OC)ccc4OC)c(OC)c3)C2=O)s1. The maximum atomic E-state index is 13.0. The molecule has 0 amide bonds. The number of nitrogens with one attached hydrogen (secondary N) is 1. The van der Waals surface area contributed by atoms with Gasteiger partial charge < -0.3 is 18.9 Å². The number of ether oxygens (including phenoxy) is 4. The van der Waals surface area contributed by atoms with Crippen LogP contribution in [0.4, 0.5) is 0 Å². The van der Waals surface area contributed by atoms with E-state index in [1.54, 1.807) is 39.5 Å². The molecule has 1 atom stereocenters. The molecule has 0 unspecified atom stereocenters. The van der Waals surface area contributed by atoms with E-state index >= 15 is 0 Å². The molecule has 2 aromatic carbocycles. The molecule has 3 aromatic rings. The van der Waals surface area contributed by atoms with Crippen molar-refractivity contribution >= 4 is 40.0 Å². The summed E-state index contributed by atoms with van der Waals surface area (Å²) < 4.78 is 22.3. The molecule has 1 aliphatic rings. The third-order valence-electron chi connectivity index (χ3n) is 5.38. The van der Waals surface area contributed by atoms with E-state index in [-0.39, 0.29) is 17.4 Å². The zero-order valence-corrected chi connectivity index (χ0v) is 21.4. The standard InChI is InChI=1S/C25H25N3O5S2/c1-5-21-27-28-25(35-21)22-23(29)20(34-24(22)26)11-14-6-8-18(19(10-14)32-4)33-13-15-12-16(30-2)7-9-17(15)31-3/h6-12,22,26H,5,13H2,1-4H3/b20-11-,26-24?/t22-/m0/s1. The second kappa shape index (κ2) is 10.9. The highest BCUT2D eigenvalue weighted by Gasteiger charge is 2.39. The van der Waals surface area contributed by atoms with Crippen molar-refractivity contribution in [2.45, 2.75) is 25.9 Å². The Hall–Kier alpha value is -3.37. The average Bonchev–Trinajstić information content (AvgIpc) is 3.46. The van der Waals surface area contributed by atoms with Gasteiger partial charge in [0, 0.05) is 5.56 Å². The topological polar surface area (TPSA) is 104 Å². The molecule has 0 radical (unpaired) electrons. The molecule has 1 N–H and O–H groups in total. The smallest absolute Gasteiger partial charge is 0.186 e. The number of thioether (sulfide) groups is 1. The van der Waals surface area contributed by atoms with Crippen LogP contribution in [0, 0.1) is 5.41 Å². The van der Waals surface area contributed by atoms with Crippen molar-refractivity contribution in [3.8, 4) is 23.0 Å². The molecule has 0 aliphatic carbocycles. The molecule has 4 rings (SSSR count). The number of rotatable bonds is 9. The van der Waals surface area contributed by atoms with Gasteiger partial charge in [0.05, 0.1) is 31.3 Å². The molecule has 8 nitrogen and oxygen atoms in total. The lowest BCUT2D eigenvalue weighted by atomic mass is 10.1. The Balaban J connectivity index is 1.53. The third-order valence-corrected chi connectivity index (χ3v) is 7.50. The maximum Gasteiger partial charge on any atom is 0.186 e. The van der Waals surface area contributed by atoms with E-state index in [9.17, 15) is 4.79 Å². The van der Waals surface area contributed by atoms with Crippen LogP contribution in [0.2, 0.25) is 0 Å². The van der Waals surface area contributed by atoms with Gasteiger partial charge in [-0.1, -0.05) is 24.8 Å². The normalized spacial score (nSPS) is 16.6. The number of aromatic nitrogens is 2. The minimum atomic E-state index is -0.675. The van der Waals surface area contributed by atoms with Crippen molar-refractivity contribution in [3.05, 3.63) is 62.4 Å². The van der Waals surface area contributed by atoms with Gasteiger partial charge in [0.1, 0.15) is 34.0 Å².